The van der Waals surface area contributed by atoms with Crippen molar-refractivity contribution in [3.63, 3.8) is 0 Å². The van der Waals surface area contributed by atoms with Gasteiger partial charge >= 0.3 is 5.97 Å². The fraction of sp³-hybridized carbons (Fsp3) is 0.133. The molecule has 0 aliphatic rings. The zero-order valence-electron chi connectivity index (χ0n) is 11.1. The largest absolute Gasteiger partial charge is 0.497 e. The van der Waals surface area contributed by atoms with Crippen LogP contribution in [0.3, 0.4) is 0 Å². The molecule has 110 valence electrons. The van der Waals surface area contributed by atoms with Gasteiger partial charge in [0.05, 0.1) is 7.11 Å². The molecular weight excluding hydrogens is 341 g/mol. The van der Waals surface area contributed by atoms with Crippen molar-refractivity contribution in [1.29, 1.82) is 0 Å². The maximum atomic E-state index is 13.2. The van der Waals surface area contributed by atoms with Crippen LogP contribution in [0, 0.1) is 5.82 Å². The second-order valence-electron chi connectivity index (χ2n) is 4.31. The molecule has 4 nitrogen and oxygen atoms in total. The van der Waals surface area contributed by atoms with Crippen molar-refractivity contribution in [2.24, 2.45) is 0 Å². The first kappa shape index (κ1) is 15.3. The van der Waals surface area contributed by atoms with E-state index in [2.05, 4.69) is 21.2 Å². The molecule has 2 N–H and O–H groups in total. The van der Waals surface area contributed by atoms with Gasteiger partial charge in [-0.15, -0.1) is 0 Å². The summed E-state index contributed by atoms with van der Waals surface area (Å²) in [5.41, 5.74) is 0.878. The smallest absolute Gasteiger partial charge is 0.330 e. The van der Waals surface area contributed by atoms with E-state index in [1.54, 1.807) is 24.3 Å². The SMILES string of the molecule is COc1ccc(Br)c(C(Nc2cccc(F)c2)C(=O)O)c1. The van der Waals surface area contributed by atoms with Crippen LogP contribution < -0.4 is 10.1 Å². The zero-order chi connectivity index (χ0) is 15.4. The maximum Gasteiger partial charge on any atom is 0.330 e. The number of hydrogen-bond acceptors (Lipinski definition) is 3. The Morgan fingerprint density at radius 1 is 1.33 bits per heavy atom. The Morgan fingerprint density at radius 2 is 2.10 bits per heavy atom. The van der Waals surface area contributed by atoms with Crippen molar-refractivity contribution in [3.05, 3.63) is 58.3 Å². The molecule has 1 unspecified atom stereocenters. The maximum absolute atomic E-state index is 13.2. The summed E-state index contributed by atoms with van der Waals surface area (Å²) in [6.07, 6.45) is 0. The Bertz CT molecular complexity index is 663. The van der Waals surface area contributed by atoms with Crippen LogP contribution in [0.5, 0.6) is 5.75 Å². The van der Waals surface area contributed by atoms with Crippen molar-refractivity contribution in [2.45, 2.75) is 6.04 Å². The average Bonchev–Trinajstić information content (AvgIpc) is 2.45. The average molecular weight is 354 g/mol. The van der Waals surface area contributed by atoms with E-state index < -0.39 is 17.8 Å². The van der Waals surface area contributed by atoms with Gasteiger partial charge in [0.15, 0.2) is 6.04 Å². The molecule has 0 heterocycles. The second-order valence-corrected chi connectivity index (χ2v) is 5.17. The monoisotopic (exact) mass is 353 g/mol. The number of carboxylic acids is 1. The van der Waals surface area contributed by atoms with E-state index >= 15 is 0 Å². The van der Waals surface area contributed by atoms with E-state index in [0.29, 0.717) is 21.5 Å². The predicted octanol–water partition coefficient (Wildman–Crippen LogP) is 3.83. The lowest BCUT2D eigenvalue weighted by Gasteiger charge is -2.18. The molecule has 0 saturated carbocycles. The standard InChI is InChI=1S/C15H13BrFNO3/c1-21-11-5-6-13(16)12(8-11)14(15(19)20)18-10-4-2-3-9(17)7-10/h2-8,14,18H,1H3,(H,19,20). The molecule has 0 saturated heterocycles. The number of aliphatic carboxylic acids is 1. The highest BCUT2D eigenvalue weighted by atomic mass is 79.9. The molecule has 0 bridgehead atoms. The minimum Gasteiger partial charge on any atom is -0.497 e. The van der Waals surface area contributed by atoms with Crippen molar-refractivity contribution in [1.82, 2.24) is 0 Å². The van der Waals surface area contributed by atoms with Gasteiger partial charge in [-0.05, 0) is 36.4 Å². The first-order valence-electron chi connectivity index (χ1n) is 6.09. The summed E-state index contributed by atoms with van der Waals surface area (Å²) in [7, 11) is 1.50. The van der Waals surface area contributed by atoms with E-state index in [1.165, 1.54) is 25.3 Å². The molecule has 0 aliphatic heterocycles. The lowest BCUT2D eigenvalue weighted by Crippen LogP contribution is -2.21. The number of carboxylic acid groups (broad SMARTS) is 1. The predicted molar refractivity (Wildman–Crippen MR) is 81.1 cm³/mol. The highest BCUT2D eigenvalue weighted by molar-refractivity contribution is 9.10. The quantitative estimate of drug-likeness (QED) is 0.857. The van der Waals surface area contributed by atoms with Gasteiger partial charge in [-0.1, -0.05) is 22.0 Å². The number of nitrogens with one attached hydrogen (secondary N) is 1. The number of benzene rings is 2. The molecular formula is C15H13BrFNO3. The number of ether oxygens (including phenoxy) is 1. The third-order valence-corrected chi connectivity index (χ3v) is 3.62. The molecule has 0 aromatic heterocycles. The number of carbonyl (C=O) groups is 1. The molecule has 6 heteroatoms. The fourth-order valence-electron chi connectivity index (χ4n) is 1.89. The number of methoxy groups -OCH3 is 1. The lowest BCUT2D eigenvalue weighted by atomic mass is 10.1. The van der Waals surface area contributed by atoms with E-state index in [0.717, 1.165) is 0 Å². The highest BCUT2D eigenvalue weighted by Gasteiger charge is 2.23. The Kier molecular flexibility index (Phi) is 4.80. The fourth-order valence-corrected chi connectivity index (χ4v) is 2.36. The Labute approximate surface area is 129 Å². The summed E-state index contributed by atoms with van der Waals surface area (Å²) in [6.45, 7) is 0. The van der Waals surface area contributed by atoms with Crippen LogP contribution >= 0.6 is 15.9 Å². The topological polar surface area (TPSA) is 58.6 Å². The molecule has 2 rings (SSSR count). The van der Waals surface area contributed by atoms with Crippen molar-refractivity contribution >= 4 is 27.6 Å². The molecule has 0 amide bonds. The van der Waals surface area contributed by atoms with Crippen LogP contribution in [-0.4, -0.2) is 18.2 Å². The normalized spacial score (nSPS) is 11.8. The van der Waals surface area contributed by atoms with Gasteiger partial charge in [0.25, 0.3) is 0 Å². The second kappa shape index (κ2) is 6.58. The summed E-state index contributed by atoms with van der Waals surface area (Å²) in [4.78, 5) is 11.5. The van der Waals surface area contributed by atoms with E-state index in [-0.39, 0.29) is 0 Å². The van der Waals surface area contributed by atoms with Crippen LogP contribution in [0.4, 0.5) is 10.1 Å². The number of halogens is 2. The lowest BCUT2D eigenvalue weighted by molar-refractivity contribution is -0.138. The molecule has 2 aromatic rings. The van der Waals surface area contributed by atoms with Crippen LogP contribution in [0.2, 0.25) is 0 Å². The van der Waals surface area contributed by atoms with Crippen molar-refractivity contribution in [2.75, 3.05) is 12.4 Å². The van der Waals surface area contributed by atoms with Crippen molar-refractivity contribution < 1.29 is 19.0 Å². The molecule has 0 spiro atoms. The van der Waals surface area contributed by atoms with Gasteiger partial charge in [-0.3, -0.25) is 0 Å². The van der Waals surface area contributed by atoms with Gasteiger partial charge < -0.3 is 15.2 Å². The molecule has 0 radical (unpaired) electrons. The summed E-state index contributed by atoms with van der Waals surface area (Å²) in [6, 6.07) is 9.66. The first-order valence-corrected chi connectivity index (χ1v) is 6.89. The Morgan fingerprint density at radius 3 is 2.71 bits per heavy atom. The van der Waals surface area contributed by atoms with Gasteiger partial charge in [0.1, 0.15) is 11.6 Å². The minimum absolute atomic E-state index is 0.386. The Balaban J connectivity index is 2.37. The van der Waals surface area contributed by atoms with E-state index in [9.17, 15) is 14.3 Å². The Hall–Kier alpha value is -2.08. The summed E-state index contributed by atoms with van der Waals surface area (Å²) < 4.78 is 18.9. The van der Waals surface area contributed by atoms with E-state index in [4.69, 9.17) is 4.74 Å². The van der Waals surface area contributed by atoms with Crippen LogP contribution in [0.1, 0.15) is 11.6 Å². The molecule has 1 atom stereocenters. The third kappa shape index (κ3) is 3.72. The zero-order valence-corrected chi connectivity index (χ0v) is 12.7. The van der Waals surface area contributed by atoms with Crippen LogP contribution in [0.25, 0.3) is 0 Å². The molecule has 21 heavy (non-hydrogen) atoms. The summed E-state index contributed by atoms with van der Waals surface area (Å²) in [5.74, 6) is -0.970. The van der Waals surface area contributed by atoms with Gasteiger partial charge in [0.2, 0.25) is 0 Å². The van der Waals surface area contributed by atoms with Gasteiger partial charge in [-0.2, -0.15) is 0 Å². The molecule has 0 fully saturated rings. The number of anilines is 1. The van der Waals surface area contributed by atoms with E-state index in [1.807, 2.05) is 0 Å². The minimum atomic E-state index is -1.08. The van der Waals surface area contributed by atoms with Gasteiger partial charge in [0, 0.05) is 15.7 Å². The van der Waals surface area contributed by atoms with Crippen LogP contribution in [-0.2, 0) is 4.79 Å². The summed E-state index contributed by atoms with van der Waals surface area (Å²) in [5, 5.41) is 12.2. The van der Waals surface area contributed by atoms with Crippen LogP contribution in [0.15, 0.2) is 46.9 Å². The first-order chi connectivity index (χ1) is 10.0. The summed E-state index contributed by atoms with van der Waals surface area (Å²) >= 11 is 3.32. The highest BCUT2D eigenvalue weighted by Crippen LogP contribution is 2.30. The number of rotatable bonds is 5. The van der Waals surface area contributed by atoms with Gasteiger partial charge in [-0.25, -0.2) is 9.18 Å². The molecule has 2 aromatic carbocycles. The van der Waals surface area contributed by atoms with Crippen molar-refractivity contribution in [3.8, 4) is 5.75 Å². The number of hydrogen-bond donors (Lipinski definition) is 2. The molecule has 0 aliphatic carbocycles. The third-order valence-electron chi connectivity index (χ3n) is 2.90.